The highest BCUT2D eigenvalue weighted by Gasteiger charge is 2.32. The number of ketones is 1. The maximum atomic E-state index is 12.5. The Kier molecular flexibility index (Phi) is 4.35. The number of piperidine rings is 1. The van der Waals surface area contributed by atoms with Gasteiger partial charge in [0.1, 0.15) is 5.78 Å². The summed E-state index contributed by atoms with van der Waals surface area (Å²) in [6.45, 7) is 2.23. The Bertz CT molecular complexity index is 617. The number of halogens is 2. The van der Waals surface area contributed by atoms with Crippen LogP contribution in [0.15, 0.2) is 27.6 Å². The minimum absolute atomic E-state index is 0.115. The van der Waals surface area contributed by atoms with Crippen LogP contribution >= 0.6 is 27.5 Å². The van der Waals surface area contributed by atoms with Gasteiger partial charge in [-0.3, -0.25) is 4.79 Å². The Balaban J connectivity index is 2.32. The van der Waals surface area contributed by atoms with Crippen molar-refractivity contribution in [3.8, 4) is 0 Å². The van der Waals surface area contributed by atoms with E-state index in [1.54, 1.807) is 6.92 Å². The maximum Gasteiger partial charge on any atom is 0.243 e. The average molecular weight is 367 g/mol. The standard InChI is InChI=1S/C12H13BrClNO3S/c1-8-7-15(5-4-12(8)16)19(17,18)9-2-3-11(14)10(13)6-9/h2-3,6,8H,4-5,7H2,1H3. The molecule has 0 aliphatic carbocycles. The van der Waals surface area contributed by atoms with Crippen LogP contribution in [0.3, 0.4) is 0 Å². The fourth-order valence-corrected chi connectivity index (χ4v) is 4.19. The first-order valence-electron chi connectivity index (χ1n) is 5.80. The van der Waals surface area contributed by atoms with Crippen LogP contribution in [-0.4, -0.2) is 31.6 Å². The van der Waals surface area contributed by atoms with Gasteiger partial charge in [0.25, 0.3) is 0 Å². The van der Waals surface area contributed by atoms with Crippen molar-refractivity contribution in [2.45, 2.75) is 18.2 Å². The number of carbonyl (C=O) groups is 1. The van der Waals surface area contributed by atoms with Gasteiger partial charge in [-0.25, -0.2) is 8.42 Å². The van der Waals surface area contributed by atoms with Crippen molar-refractivity contribution in [1.29, 1.82) is 0 Å². The molecular weight excluding hydrogens is 354 g/mol. The zero-order valence-electron chi connectivity index (χ0n) is 10.3. The van der Waals surface area contributed by atoms with Gasteiger partial charge >= 0.3 is 0 Å². The summed E-state index contributed by atoms with van der Waals surface area (Å²) in [6, 6.07) is 4.50. The monoisotopic (exact) mass is 365 g/mol. The van der Waals surface area contributed by atoms with E-state index in [4.69, 9.17) is 11.6 Å². The van der Waals surface area contributed by atoms with Crippen LogP contribution in [0.1, 0.15) is 13.3 Å². The summed E-state index contributed by atoms with van der Waals surface area (Å²) in [4.78, 5) is 11.6. The van der Waals surface area contributed by atoms with Crippen LogP contribution in [-0.2, 0) is 14.8 Å². The topological polar surface area (TPSA) is 54.5 Å². The Morgan fingerprint density at radius 3 is 2.68 bits per heavy atom. The van der Waals surface area contributed by atoms with Crippen LogP contribution in [0.2, 0.25) is 5.02 Å². The molecule has 1 atom stereocenters. The molecule has 7 heteroatoms. The number of hydrogen-bond acceptors (Lipinski definition) is 3. The van der Waals surface area contributed by atoms with Crippen molar-refractivity contribution in [2.75, 3.05) is 13.1 Å². The molecule has 0 radical (unpaired) electrons. The van der Waals surface area contributed by atoms with Crippen molar-refractivity contribution in [3.05, 3.63) is 27.7 Å². The number of Topliss-reactive ketones (excluding diaryl/α,β-unsaturated/α-hetero) is 1. The van der Waals surface area contributed by atoms with E-state index in [2.05, 4.69) is 15.9 Å². The molecule has 1 aliphatic heterocycles. The predicted molar refractivity (Wildman–Crippen MR) is 76.7 cm³/mol. The minimum Gasteiger partial charge on any atom is -0.299 e. The summed E-state index contributed by atoms with van der Waals surface area (Å²) in [5.41, 5.74) is 0. The van der Waals surface area contributed by atoms with Gasteiger partial charge in [0.15, 0.2) is 0 Å². The first-order valence-corrected chi connectivity index (χ1v) is 8.41. The molecule has 0 aromatic heterocycles. The zero-order valence-corrected chi connectivity index (χ0v) is 13.4. The highest BCUT2D eigenvalue weighted by molar-refractivity contribution is 9.10. The molecule has 0 saturated carbocycles. The Morgan fingerprint density at radius 1 is 1.42 bits per heavy atom. The second-order valence-electron chi connectivity index (χ2n) is 4.56. The summed E-state index contributed by atoms with van der Waals surface area (Å²) >= 11 is 9.07. The Labute approximate surface area is 125 Å². The van der Waals surface area contributed by atoms with E-state index in [1.165, 1.54) is 22.5 Å². The van der Waals surface area contributed by atoms with E-state index in [1.807, 2.05) is 0 Å². The SMILES string of the molecule is CC1CN(S(=O)(=O)c2ccc(Cl)c(Br)c2)CCC1=O. The van der Waals surface area contributed by atoms with Gasteiger partial charge in [0.2, 0.25) is 10.0 Å². The average Bonchev–Trinajstić information content (AvgIpc) is 2.35. The molecule has 104 valence electrons. The molecule has 1 fully saturated rings. The molecule has 0 spiro atoms. The summed E-state index contributed by atoms with van der Waals surface area (Å²) in [5, 5.41) is 0.459. The first-order chi connectivity index (χ1) is 8.82. The van der Waals surface area contributed by atoms with E-state index >= 15 is 0 Å². The molecule has 1 aromatic carbocycles. The highest BCUT2D eigenvalue weighted by Crippen LogP contribution is 2.28. The first kappa shape index (κ1) is 15.0. The third-order valence-electron chi connectivity index (χ3n) is 3.16. The lowest BCUT2D eigenvalue weighted by Crippen LogP contribution is -2.43. The van der Waals surface area contributed by atoms with E-state index in [0.717, 1.165) is 0 Å². The van der Waals surface area contributed by atoms with Crippen LogP contribution in [0.5, 0.6) is 0 Å². The quantitative estimate of drug-likeness (QED) is 0.808. The summed E-state index contributed by atoms with van der Waals surface area (Å²) in [7, 11) is -3.57. The molecule has 0 amide bonds. The second-order valence-corrected chi connectivity index (χ2v) is 7.76. The van der Waals surface area contributed by atoms with Gasteiger partial charge in [-0.2, -0.15) is 4.31 Å². The van der Waals surface area contributed by atoms with Gasteiger partial charge in [0, 0.05) is 29.9 Å². The van der Waals surface area contributed by atoms with Crippen LogP contribution in [0, 0.1) is 5.92 Å². The minimum atomic E-state index is -3.57. The third kappa shape index (κ3) is 3.02. The van der Waals surface area contributed by atoms with E-state index in [-0.39, 0.29) is 36.1 Å². The predicted octanol–water partition coefficient (Wildman–Crippen LogP) is 2.70. The lowest BCUT2D eigenvalue weighted by atomic mass is 10.0. The molecule has 1 heterocycles. The lowest BCUT2D eigenvalue weighted by Gasteiger charge is -2.29. The van der Waals surface area contributed by atoms with Crippen LogP contribution in [0.4, 0.5) is 0 Å². The van der Waals surface area contributed by atoms with E-state index in [0.29, 0.717) is 9.50 Å². The number of hydrogen-bond donors (Lipinski definition) is 0. The molecule has 1 aliphatic rings. The smallest absolute Gasteiger partial charge is 0.243 e. The van der Waals surface area contributed by atoms with E-state index < -0.39 is 10.0 Å². The van der Waals surface area contributed by atoms with Crippen molar-refractivity contribution >= 4 is 43.3 Å². The van der Waals surface area contributed by atoms with Crippen molar-refractivity contribution < 1.29 is 13.2 Å². The number of nitrogens with zero attached hydrogens (tertiary/aromatic N) is 1. The Morgan fingerprint density at radius 2 is 2.11 bits per heavy atom. The second kappa shape index (κ2) is 5.52. The number of rotatable bonds is 2. The van der Waals surface area contributed by atoms with Crippen molar-refractivity contribution in [3.63, 3.8) is 0 Å². The number of carbonyl (C=O) groups excluding carboxylic acids is 1. The normalized spacial score (nSPS) is 21.6. The van der Waals surface area contributed by atoms with Crippen molar-refractivity contribution in [1.82, 2.24) is 4.31 Å². The molecule has 0 N–H and O–H groups in total. The molecular formula is C12H13BrClNO3S. The number of benzene rings is 1. The zero-order chi connectivity index (χ0) is 14.2. The van der Waals surface area contributed by atoms with Gasteiger partial charge in [-0.15, -0.1) is 0 Å². The fraction of sp³-hybridized carbons (Fsp3) is 0.417. The molecule has 4 nitrogen and oxygen atoms in total. The molecule has 19 heavy (non-hydrogen) atoms. The number of sulfonamides is 1. The molecule has 0 bridgehead atoms. The van der Waals surface area contributed by atoms with E-state index in [9.17, 15) is 13.2 Å². The summed E-state index contributed by atoms with van der Waals surface area (Å²) in [6.07, 6.45) is 0.273. The fourth-order valence-electron chi connectivity index (χ4n) is 1.98. The van der Waals surface area contributed by atoms with Crippen molar-refractivity contribution in [2.24, 2.45) is 5.92 Å². The molecule has 1 unspecified atom stereocenters. The summed E-state index contributed by atoms with van der Waals surface area (Å²) in [5.74, 6) is -0.136. The summed E-state index contributed by atoms with van der Waals surface area (Å²) < 4.78 is 26.8. The lowest BCUT2D eigenvalue weighted by molar-refractivity contribution is -0.124. The molecule has 2 rings (SSSR count). The van der Waals surface area contributed by atoms with Gasteiger partial charge in [0.05, 0.1) is 9.92 Å². The highest BCUT2D eigenvalue weighted by atomic mass is 79.9. The van der Waals surface area contributed by atoms with Crippen LogP contribution in [0.25, 0.3) is 0 Å². The van der Waals surface area contributed by atoms with Gasteiger partial charge in [-0.1, -0.05) is 18.5 Å². The van der Waals surface area contributed by atoms with Gasteiger partial charge < -0.3 is 0 Å². The van der Waals surface area contributed by atoms with Gasteiger partial charge in [-0.05, 0) is 34.1 Å². The largest absolute Gasteiger partial charge is 0.299 e. The maximum absolute atomic E-state index is 12.5. The Hall–Kier alpha value is -0.430. The molecule has 1 saturated heterocycles. The third-order valence-corrected chi connectivity index (χ3v) is 6.24. The molecule has 1 aromatic rings. The van der Waals surface area contributed by atoms with Crippen LogP contribution < -0.4 is 0 Å².